The van der Waals surface area contributed by atoms with Crippen LogP contribution in [-0.4, -0.2) is 36.9 Å². The first-order valence-corrected chi connectivity index (χ1v) is 7.74. The Morgan fingerprint density at radius 1 is 1.21 bits per heavy atom. The molecule has 0 fully saturated rings. The van der Waals surface area contributed by atoms with Gasteiger partial charge in [-0.2, -0.15) is 5.10 Å². The predicted molar refractivity (Wildman–Crippen MR) is 78.0 cm³/mol. The number of rotatable bonds is 2. The Morgan fingerprint density at radius 2 is 2.21 bits per heavy atom. The highest BCUT2D eigenvalue weighted by Crippen LogP contribution is 2.21. The Kier molecular flexibility index (Phi) is 2.59. The molecule has 0 saturated carbocycles. The second-order valence-corrected chi connectivity index (χ2v) is 5.89. The molecule has 19 heavy (non-hydrogen) atoms. The molecular formula is C12H9N5S2. The van der Waals surface area contributed by atoms with Gasteiger partial charge in [0.1, 0.15) is 10.7 Å². The number of aliphatic imine (C=N–C) groups is 1. The van der Waals surface area contributed by atoms with Crippen LogP contribution >= 0.6 is 23.1 Å². The Labute approximate surface area is 117 Å². The van der Waals surface area contributed by atoms with E-state index in [-0.39, 0.29) is 0 Å². The summed E-state index contributed by atoms with van der Waals surface area (Å²) in [6, 6.07) is 1.97. The fourth-order valence-electron chi connectivity index (χ4n) is 1.96. The molecule has 0 saturated heterocycles. The molecule has 3 aromatic rings. The fourth-order valence-corrected chi connectivity index (χ4v) is 3.33. The third-order valence-corrected chi connectivity index (χ3v) is 4.43. The van der Waals surface area contributed by atoms with Crippen LogP contribution in [0.25, 0.3) is 16.9 Å². The Hall–Kier alpha value is -1.73. The Morgan fingerprint density at radius 3 is 3.00 bits per heavy atom. The van der Waals surface area contributed by atoms with Gasteiger partial charge >= 0.3 is 0 Å². The first-order valence-electron chi connectivity index (χ1n) is 5.82. The van der Waals surface area contributed by atoms with Gasteiger partial charge in [0.05, 0.1) is 11.2 Å². The fraction of sp³-hybridized carbons (Fsp3) is 0.167. The van der Waals surface area contributed by atoms with E-state index in [4.69, 9.17) is 0 Å². The van der Waals surface area contributed by atoms with Crippen molar-refractivity contribution in [2.24, 2.45) is 4.99 Å². The van der Waals surface area contributed by atoms with Crippen molar-refractivity contribution >= 4 is 33.8 Å². The van der Waals surface area contributed by atoms with Gasteiger partial charge in [-0.3, -0.25) is 4.99 Å². The molecule has 0 atom stereocenters. The van der Waals surface area contributed by atoms with E-state index >= 15 is 0 Å². The van der Waals surface area contributed by atoms with E-state index in [1.165, 1.54) is 0 Å². The van der Waals surface area contributed by atoms with E-state index in [1.807, 2.05) is 29.4 Å². The van der Waals surface area contributed by atoms with E-state index < -0.39 is 0 Å². The molecule has 1 aliphatic heterocycles. The van der Waals surface area contributed by atoms with Crippen molar-refractivity contribution in [3.05, 3.63) is 35.0 Å². The van der Waals surface area contributed by atoms with E-state index in [2.05, 4.69) is 20.1 Å². The summed E-state index contributed by atoms with van der Waals surface area (Å²) in [4.78, 5) is 13.2. The lowest BCUT2D eigenvalue weighted by atomic mass is 10.3. The summed E-state index contributed by atoms with van der Waals surface area (Å²) in [5, 5.41) is 7.56. The maximum atomic E-state index is 4.54. The lowest BCUT2D eigenvalue weighted by Crippen LogP contribution is -1.95. The van der Waals surface area contributed by atoms with Crippen molar-refractivity contribution in [3.63, 3.8) is 0 Å². The third kappa shape index (κ3) is 1.95. The number of thiazole rings is 1. The van der Waals surface area contributed by atoms with Gasteiger partial charge in [0, 0.05) is 41.7 Å². The molecule has 0 aromatic carbocycles. The van der Waals surface area contributed by atoms with Crippen LogP contribution in [0.1, 0.15) is 5.69 Å². The zero-order chi connectivity index (χ0) is 12.7. The van der Waals surface area contributed by atoms with Crippen LogP contribution in [0.15, 0.2) is 34.3 Å². The summed E-state index contributed by atoms with van der Waals surface area (Å²) >= 11 is 3.32. The second-order valence-electron chi connectivity index (χ2n) is 4.08. The summed E-state index contributed by atoms with van der Waals surface area (Å²) in [7, 11) is 0. The maximum absolute atomic E-state index is 4.54. The molecular weight excluding hydrogens is 278 g/mol. The lowest BCUT2D eigenvalue weighted by molar-refractivity contribution is 0.935. The van der Waals surface area contributed by atoms with Gasteiger partial charge in [-0.15, -0.1) is 23.1 Å². The zero-order valence-corrected chi connectivity index (χ0v) is 11.5. The number of fused-ring (bicyclic) bond motifs is 1. The van der Waals surface area contributed by atoms with Gasteiger partial charge in [0.15, 0.2) is 5.65 Å². The molecule has 5 nitrogen and oxygen atoms in total. The van der Waals surface area contributed by atoms with Gasteiger partial charge < -0.3 is 0 Å². The minimum absolute atomic E-state index is 0.837. The van der Waals surface area contributed by atoms with Crippen molar-refractivity contribution < 1.29 is 0 Å². The summed E-state index contributed by atoms with van der Waals surface area (Å²) in [5.41, 5.74) is 5.47. The molecule has 0 bridgehead atoms. The normalized spacial score (nSPS) is 15.1. The number of thioether (sulfide) groups is 1. The highest BCUT2D eigenvalue weighted by Gasteiger charge is 2.14. The summed E-state index contributed by atoms with van der Waals surface area (Å²) < 4.78 is 1.80. The minimum atomic E-state index is 0.837. The van der Waals surface area contributed by atoms with Crippen molar-refractivity contribution in [3.8, 4) is 11.3 Å². The maximum Gasteiger partial charge on any atom is 0.155 e. The summed E-state index contributed by atoms with van der Waals surface area (Å²) in [6.45, 7) is 0.880. The smallest absolute Gasteiger partial charge is 0.155 e. The minimum Gasteiger partial charge on any atom is -0.275 e. The molecule has 7 heteroatoms. The molecule has 4 heterocycles. The zero-order valence-electron chi connectivity index (χ0n) is 9.85. The molecule has 0 unspecified atom stereocenters. The van der Waals surface area contributed by atoms with E-state index in [0.29, 0.717) is 0 Å². The Bertz CT molecular complexity index is 760. The SMILES string of the molecule is c1nc(-c2cnc3cc(C4=NCCS4)nn3c2)cs1. The van der Waals surface area contributed by atoms with Crippen molar-refractivity contribution in [1.82, 2.24) is 19.6 Å². The molecule has 3 aromatic heterocycles. The van der Waals surface area contributed by atoms with Crippen LogP contribution < -0.4 is 0 Å². The van der Waals surface area contributed by atoms with Crippen LogP contribution in [0.5, 0.6) is 0 Å². The van der Waals surface area contributed by atoms with Gasteiger partial charge in [0.25, 0.3) is 0 Å². The number of nitrogens with zero attached hydrogens (tertiary/aromatic N) is 5. The molecule has 0 aliphatic carbocycles. The highest BCUT2D eigenvalue weighted by atomic mass is 32.2. The van der Waals surface area contributed by atoms with Crippen LogP contribution in [0.3, 0.4) is 0 Å². The van der Waals surface area contributed by atoms with Crippen LogP contribution in [0, 0.1) is 0 Å². The lowest BCUT2D eigenvalue weighted by Gasteiger charge is -1.96. The molecule has 0 radical (unpaired) electrons. The molecule has 94 valence electrons. The van der Waals surface area contributed by atoms with E-state index in [1.54, 1.807) is 27.6 Å². The highest BCUT2D eigenvalue weighted by molar-refractivity contribution is 8.14. The van der Waals surface area contributed by atoms with Crippen LogP contribution in [0.2, 0.25) is 0 Å². The monoisotopic (exact) mass is 287 g/mol. The van der Waals surface area contributed by atoms with Gasteiger partial charge in [0.2, 0.25) is 0 Å². The largest absolute Gasteiger partial charge is 0.275 e. The predicted octanol–water partition coefficient (Wildman–Crippen LogP) is 2.35. The number of hydrogen-bond donors (Lipinski definition) is 0. The quantitative estimate of drug-likeness (QED) is 0.726. The van der Waals surface area contributed by atoms with Crippen LogP contribution in [0.4, 0.5) is 0 Å². The van der Waals surface area contributed by atoms with Crippen LogP contribution in [-0.2, 0) is 0 Å². The van der Waals surface area contributed by atoms with Gasteiger partial charge in [-0.1, -0.05) is 0 Å². The second kappa shape index (κ2) is 4.43. The number of hydrogen-bond acceptors (Lipinski definition) is 6. The van der Waals surface area contributed by atoms with E-state index in [0.717, 1.165) is 39.9 Å². The van der Waals surface area contributed by atoms with E-state index in [9.17, 15) is 0 Å². The molecule has 0 amide bonds. The Balaban J connectivity index is 1.81. The van der Waals surface area contributed by atoms with Crippen molar-refractivity contribution in [2.75, 3.05) is 12.3 Å². The average Bonchev–Trinajstić information content (AvgIpc) is 3.18. The molecule has 0 N–H and O–H groups in total. The molecule has 0 spiro atoms. The molecule has 4 rings (SSSR count). The first-order chi connectivity index (χ1) is 9.40. The average molecular weight is 287 g/mol. The first kappa shape index (κ1) is 11.1. The van der Waals surface area contributed by atoms with Crippen molar-refractivity contribution in [1.29, 1.82) is 0 Å². The van der Waals surface area contributed by atoms with Gasteiger partial charge in [-0.25, -0.2) is 14.5 Å². The molecule has 1 aliphatic rings. The third-order valence-electron chi connectivity index (χ3n) is 2.85. The standard InChI is InChI=1S/C12H9N5S2/c1-2-19-12(13-1)9-3-11-14-4-8(5-17(11)16-9)10-6-18-7-15-10/h3-7H,1-2H2. The topological polar surface area (TPSA) is 55.4 Å². The number of aromatic nitrogens is 4. The summed E-state index contributed by atoms with van der Waals surface area (Å²) in [5.74, 6) is 1.04. The summed E-state index contributed by atoms with van der Waals surface area (Å²) in [6.07, 6.45) is 3.79. The van der Waals surface area contributed by atoms with Crippen molar-refractivity contribution in [2.45, 2.75) is 0 Å². The van der Waals surface area contributed by atoms with Gasteiger partial charge in [-0.05, 0) is 0 Å².